The van der Waals surface area contributed by atoms with Crippen LogP contribution in [0.5, 0.6) is 0 Å². The van der Waals surface area contributed by atoms with E-state index in [1.807, 2.05) is 0 Å². The Kier molecular flexibility index (Phi) is 9.14. The number of hydrogen-bond donors (Lipinski definition) is 2. The number of benzene rings is 2. The van der Waals surface area contributed by atoms with Crippen LogP contribution in [0.25, 0.3) is 5.70 Å². The van der Waals surface area contributed by atoms with Gasteiger partial charge in [0.1, 0.15) is 5.82 Å². The van der Waals surface area contributed by atoms with Gasteiger partial charge in [-0.15, -0.1) is 0 Å². The number of ether oxygens (including phenoxy) is 1. The summed E-state index contributed by atoms with van der Waals surface area (Å²) in [6, 6.07) is 5.75. The fourth-order valence-corrected chi connectivity index (χ4v) is 6.80. The molecule has 2 aromatic carbocycles. The highest BCUT2D eigenvalue weighted by molar-refractivity contribution is 5.59. The third-order valence-corrected chi connectivity index (χ3v) is 9.18. The molecule has 2 fully saturated rings. The minimum atomic E-state index is -5.04. The molecule has 2 aromatic rings. The van der Waals surface area contributed by atoms with E-state index in [0.29, 0.717) is 47.2 Å². The SMILES string of the molecule is O=[N+]1/C(c2ccc(F)cc2)=C\C(N2CCC(N3CCCC3)CC2)OC2=C(CNCN2)C1Cc1cc(C(F)(F)F)cc(C(F)(F)F)c1. The second-order valence-electron chi connectivity index (χ2n) is 12.2. The van der Waals surface area contributed by atoms with Gasteiger partial charge in [-0.3, -0.25) is 10.2 Å². The predicted octanol–water partition coefficient (Wildman–Crippen LogP) is 5.87. The van der Waals surface area contributed by atoms with Gasteiger partial charge in [-0.2, -0.15) is 26.3 Å². The highest BCUT2D eigenvalue weighted by Crippen LogP contribution is 2.38. The van der Waals surface area contributed by atoms with Crippen LogP contribution >= 0.6 is 0 Å². The van der Waals surface area contributed by atoms with Crippen LogP contribution in [-0.2, 0) is 23.5 Å². The van der Waals surface area contributed by atoms with Gasteiger partial charge >= 0.3 is 12.4 Å². The zero-order valence-electron chi connectivity index (χ0n) is 24.9. The van der Waals surface area contributed by atoms with Gasteiger partial charge in [0.15, 0.2) is 12.1 Å². The number of alkyl halides is 6. The van der Waals surface area contributed by atoms with Crippen molar-refractivity contribution in [2.75, 3.05) is 39.4 Å². The Morgan fingerprint density at radius 1 is 0.870 bits per heavy atom. The molecule has 2 saturated heterocycles. The van der Waals surface area contributed by atoms with Crippen molar-refractivity contribution in [3.63, 3.8) is 0 Å². The number of halogens is 7. The van der Waals surface area contributed by atoms with Crippen molar-refractivity contribution in [3.8, 4) is 0 Å². The van der Waals surface area contributed by atoms with Crippen molar-refractivity contribution in [1.29, 1.82) is 0 Å². The smallest absolute Gasteiger partial charge is 0.416 e. The van der Waals surface area contributed by atoms with Gasteiger partial charge in [0.25, 0.3) is 5.70 Å². The number of rotatable bonds is 5. The predicted molar refractivity (Wildman–Crippen MR) is 155 cm³/mol. The summed E-state index contributed by atoms with van der Waals surface area (Å²) in [4.78, 5) is 19.0. The molecular formula is C32H35F7N5O2+. The summed E-state index contributed by atoms with van der Waals surface area (Å²) in [5.41, 5.74) is -2.46. The molecule has 0 bridgehead atoms. The van der Waals surface area contributed by atoms with Gasteiger partial charge in [0, 0.05) is 47.8 Å². The van der Waals surface area contributed by atoms with Gasteiger partial charge in [0.2, 0.25) is 6.04 Å². The normalized spacial score (nSPS) is 25.3. The molecular weight excluding hydrogens is 619 g/mol. The molecule has 4 heterocycles. The lowest BCUT2D eigenvalue weighted by Crippen LogP contribution is -2.51. The summed E-state index contributed by atoms with van der Waals surface area (Å²) in [7, 11) is 0. The van der Waals surface area contributed by atoms with E-state index in [1.165, 1.54) is 37.1 Å². The van der Waals surface area contributed by atoms with Crippen molar-refractivity contribution >= 4 is 5.70 Å². The largest absolute Gasteiger partial charge is 0.456 e. The fraction of sp³-hybridized carbons (Fsp3) is 0.500. The molecule has 4 aliphatic rings. The molecule has 4 aliphatic heterocycles. The maximum atomic E-state index is 14.4. The second kappa shape index (κ2) is 13.0. The van der Waals surface area contributed by atoms with Crippen LogP contribution in [-0.4, -0.2) is 72.3 Å². The van der Waals surface area contributed by atoms with Crippen LogP contribution < -0.4 is 10.6 Å². The zero-order valence-corrected chi connectivity index (χ0v) is 24.9. The van der Waals surface area contributed by atoms with Crippen molar-refractivity contribution < 1.29 is 40.2 Å². The molecule has 2 unspecified atom stereocenters. The van der Waals surface area contributed by atoms with Gasteiger partial charge in [-0.25, -0.2) is 4.39 Å². The van der Waals surface area contributed by atoms with E-state index < -0.39 is 48.0 Å². The Morgan fingerprint density at radius 2 is 1.50 bits per heavy atom. The topological polar surface area (TPSA) is 59.9 Å². The minimum Gasteiger partial charge on any atom is -0.456 e. The van der Waals surface area contributed by atoms with Gasteiger partial charge in [-0.05, 0) is 86.8 Å². The standard InChI is InChI=1S/C32H35F7N5O2/c33-24-5-3-21(4-6-24)27-17-29(43-11-7-25(8-12-43)42-9-1-2-10-42)46-30-26(18-40-19-41-30)28(44(27)45)15-20-13-22(31(34,35)36)16-23(14-20)32(37,38)39/h3-6,13-14,16-17,25,28-29,40-41H,1-2,7-12,15,18-19H2/q+1/b27-17-. The number of nitrogens with zero attached hydrogens (tertiary/aromatic N) is 3. The van der Waals surface area contributed by atoms with Crippen LogP contribution in [0, 0.1) is 10.7 Å². The highest BCUT2D eigenvalue weighted by atomic mass is 19.4. The summed E-state index contributed by atoms with van der Waals surface area (Å²) >= 11 is 0. The van der Waals surface area contributed by atoms with Crippen molar-refractivity contribution in [1.82, 2.24) is 20.4 Å². The maximum Gasteiger partial charge on any atom is 0.416 e. The molecule has 2 atom stereocenters. The first-order chi connectivity index (χ1) is 21.9. The lowest BCUT2D eigenvalue weighted by molar-refractivity contribution is -0.489. The fourth-order valence-electron chi connectivity index (χ4n) is 6.80. The average molecular weight is 655 g/mol. The molecule has 46 heavy (non-hydrogen) atoms. The van der Waals surface area contributed by atoms with Gasteiger partial charge < -0.3 is 15.0 Å². The van der Waals surface area contributed by atoms with E-state index in [1.54, 1.807) is 6.08 Å². The van der Waals surface area contributed by atoms with Crippen LogP contribution in [0.3, 0.4) is 0 Å². The molecule has 7 nitrogen and oxygen atoms in total. The first kappa shape index (κ1) is 32.5. The third-order valence-electron chi connectivity index (χ3n) is 9.18. The average Bonchev–Trinajstić information content (AvgIpc) is 3.56. The lowest BCUT2D eigenvalue weighted by Gasteiger charge is -2.40. The van der Waals surface area contributed by atoms with E-state index in [2.05, 4.69) is 20.4 Å². The molecule has 0 aromatic heterocycles. The third kappa shape index (κ3) is 7.08. The van der Waals surface area contributed by atoms with Gasteiger partial charge in [0.05, 0.1) is 28.9 Å². The molecule has 0 aliphatic carbocycles. The number of piperidine rings is 1. The van der Waals surface area contributed by atoms with Crippen LogP contribution in [0.15, 0.2) is 60.0 Å². The number of nitroso groups, excluding NO2 is 1. The first-order valence-corrected chi connectivity index (χ1v) is 15.4. The van der Waals surface area contributed by atoms with E-state index >= 15 is 0 Å². The van der Waals surface area contributed by atoms with Crippen LogP contribution in [0.4, 0.5) is 30.7 Å². The summed E-state index contributed by atoms with van der Waals surface area (Å²) < 4.78 is 103. The lowest BCUT2D eigenvalue weighted by atomic mass is 9.93. The molecule has 0 spiro atoms. The summed E-state index contributed by atoms with van der Waals surface area (Å²) in [5, 5.41) is 6.16. The van der Waals surface area contributed by atoms with E-state index in [9.17, 15) is 35.6 Å². The Hall–Kier alpha value is -3.49. The van der Waals surface area contributed by atoms with Crippen LogP contribution in [0.1, 0.15) is 47.9 Å². The molecule has 2 N–H and O–H groups in total. The summed E-state index contributed by atoms with van der Waals surface area (Å²) in [6.07, 6.45) is -5.47. The molecule has 14 heteroatoms. The number of hydrogen-bond acceptors (Lipinski definition) is 6. The van der Waals surface area contributed by atoms with E-state index in [4.69, 9.17) is 4.74 Å². The minimum absolute atomic E-state index is 0.0650. The van der Waals surface area contributed by atoms with Crippen molar-refractivity contribution in [3.05, 3.63) is 93.0 Å². The monoisotopic (exact) mass is 654 g/mol. The molecule has 0 saturated carbocycles. The zero-order chi connectivity index (χ0) is 32.6. The second-order valence-corrected chi connectivity index (χ2v) is 12.2. The Morgan fingerprint density at radius 3 is 2.11 bits per heavy atom. The van der Waals surface area contributed by atoms with Crippen molar-refractivity contribution in [2.45, 2.75) is 62.8 Å². The van der Waals surface area contributed by atoms with Gasteiger partial charge in [-0.1, -0.05) is 0 Å². The Labute approximate surface area is 261 Å². The molecule has 0 amide bonds. The Balaban J connectivity index is 1.38. The number of likely N-dealkylation sites (tertiary alicyclic amines) is 2. The van der Waals surface area contributed by atoms with E-state index in [-0.39, 0.29) is 36.4 Å². The summed E-state index contributed by atoms with van der Waals surface area (Å²) in [5.74, 6) is -0.274. The summed E-state index contributed by atoms with van der Waals surface area (Å²) in [6.45, 7) is 3.92. The highest BCUT2D eigenvalue weighted by Gasteiger charge is 2.44. The quantitative estimate of drug-likeness (QED) is 0.311. The first-order valence-electron chi connectivity index (χ1n) is 15.4. The maximum absolute atomic E-state index is 14.4. The molecule has 6 rings (SSSR count). The number of nitrogens with one attached hydrogen (secondary N) is 2. The van der Waals surface area contributed by atoms with E-state index in [0.717, 1.165) is 25.9 Å². The van der Waals surface area contributed by atoms with Crippen molar-refractivity contribution in [2.24, 2.45) is 0 Å². The Bertz CT molecular complexity index is 1460. The van der Waals surface area contributed by atoms with Crippen LogP contribution in [0.2, 0.25) is 0 Å². The molecule has 0 radical (unpaired) electrons. The molecule has 248 valence electrons.